The molecule has 6 aliphatic rings. The Morgan fingerprint density at radius 1 is 0.911 bits per heavy atom. The summed E-state index contributed by atoms with van der Waals surface area (Å²) < 4.78 is 18.7. The van der Waals surface area contributed by atoms with Gasteiger partial charge in [-0.25, -0.2) is 14.6 Å². The largest absolute Gasteiger partial charge is 0.481 e. The van der Waals surface area contributed by atoms with Crippen molar-refractivity contribution in [3.05, 3.63) is 112 Å². The van der Waals surface area contributed by atoms with Crippen LogP contribution in [0.1, 0.15) is 93.2 Å². The zero-order valence-electron chi connectivity index (χ0n) is 43.0. The van der Waals surface area contributed by atoms with Gasteiger partial charge in [-0.15, -0.1) is 11.3 Å². The van der Waals surface area contributed by atoms with Crippen LogP contribution >= 0.6 is 11.3 Å². The molecule has 0 bridgehead atoms. The molecule has 3 aromatic rings. The maximum Gasteiger partial charge on any atom is 0.413 e. The average Bonchev–Trinajstić information content (AvgIpc) is 1.98. The van der Waals surface area contributed by atoms with Crippen LogP contribution in [0.3, 0.4) is 0 Å². The van der Waals surface area contributed by atoms with E-state index in [1.54, 1.807) is 29.7 Å². The van der Waals surface area contributed by atoms with Crippen molar-refractivity contribution in [3.63, 3.8) is 0 Å². The molecule has 79 heavy (non-hydrogen) atoms. The summed E-state index contributed by atoms with van der Waals surface area (Å²) in [6, 6.07) is 12.3. The molecule has 0 spiro atoms. The van der Waals surface area contributed by atoms with Gasteiger partial charge in [0.25, 0.3) is 11.8 Å². The van der Waals surface area contributed by atoms with E-state index in [1.807, 2.05) is 37.3 Å². The number of allylic oxidation sites excluding steroid dienone is 4. The highest BCUT2D eigenvalue weighted by molar-refractivity contribution is 7.10. The summed E-state index contributed by atoms with van der Waals surface area (Å²) in [5.74, 6) is -6.75. The Labute approximate surface area is 455 Å². The minimum atomic E-state index is -1.48. The quantitative estimate of drug-likeness (QED) is 0.0794. The lowest BCUT2D eigenvalue weighted by molar-refractivity contribution is -0.201. The van der Waals surface area contributed by atoms with E-state index in [2.05, 4.69) is 38.0 Å². The van der Waals surface area contributed by atoms with Crippen molar-refractivity contribution < 1.29 is 82.3 Å². The van der Waals surface area contributed by atoms with Gasteiger partial charge in [0.05, 0.1) is 30.2 Å². The van der Waals surface area contributed by atoms with Gasteiger partial charge in [0, 0.05) is 64.8 Å². The second-order valence-corrected chi connectivity index (χ2v) is 21.8. The molecule has 4 fully saturated rings. The first-order chi connectivity index (χ1) is 37.7. The summed E-state index contributed by atoms with van der Waals surface area (Å²) in [5, 5.41) is 44.0. The molecule has 0 radical (unpaired) electrons. The minimum Gasteiger partial charge on any atom is -0.481 e. The number of Topliss-reactive ketones (excluding diaryl/α,β-unsaturated/α-hetero) is 1. The van der Waals surface area contributed by atoms with Gasteiger partial charge in [0.15, 0.2) is 23.5 Å². The number of fused-ring (bicyclic) bond motifs is 7. The second-order valence-electron chi connectivity index (χ2n) is 20.9. The number of amides is 6. The third-order valence-corrected chi connectivity index (χ3v) is 16.9. The molecule has 0 unspecified atom stereocenters. The highest BCUT2D eigenvalue weighted by Crippen LogP contribution is 2.70. The molecule has 24 heteroatoms. The van der Waals surface area contributed by atoms with E-state index in [0.717, 1.165) is 29.7 Å². The molecule has 3 heterocycles. The molecular formula is C55H58N6O17S. The number of aliphatic carboxylic acids is 1. The lowest BCUT2D eigenvalue weighted by Crippen LogP contribution is -2.63. The number of ether oxygens (including phenoxy) is 3. The van der Waals surface area contributed by atoms with E-state index in [1.165, 1.54) is 23.5 Å². The molecule has 4 aliphatic carbocycles. The number of carbonyl (C=O) groups excluding carboxylic acids is 9. The Balaban J connectivity index is 0.721. The number of aliphatic hydroxyl groups excluding tert-OH is 2. The topological polar surface area (TPSA) is 333 Å². The number of hydroxylamine groups is 2. The molecule has 7 N–H and O–H groups in total. The first-order valence-corrected chi connectivity index (χ1v) is 26.6. The summed E-state index contributed by atoms with van der Waals surface area (Å²) in [6.07, 6.45) is 4.85. The van der Waals surface area contributed by atoms with E-state index in [0.29, 0.717) is 35.4 Å². The Morgan fingerprint density at radius 2 is 1.63 bits per heavy atom. The number of nitrogens with zero attached hydrogens (tertiary/aromatic N) is 2. The third kappa shape index (κ3) is 11.6. The number of carbonyl (C=O) groups is 10. The predicted molar refractivity (Wildman–Crippen MR) is 275 cm³/mol. The van der Waals surface area contributed by atoms with Crippen molar-refractivity contribution in [2.45, 2.75) is 108 Å². The van der Waals surface area contributed by atoms with Crippen LogP contribution in [-0.2, 0) is 75.2 Å². The molecule has 10 atom stereocenters. The number of anilines is 2. The lowest BCUT2D eigenvalue weighted by Gasteiger charge is -2.59. The molecule has 1 aromatic heterocycles. The zero-order chi connectivity index (χ0) is 56.4. The third-order valence-electron chi connectivity index (χ3n) is 16.0. The molecular weight excluding hydrogens is 1050 g/mol. The van der Waals surface area contributed by atoms with E-state index in [4.69, 9.17) is 14.2 Å². The number of carboxylic acids is 1. The van der Waals surface area contributed by atoms with Crippen molar-refractivity contribution in [2.24, 2.45) is 28.6 Å². The van der Waals surface area contributed by atoms with Gasteiger partial charge >= 0.3 is 18.0 Å². The van der Waals surface area contributed by atoms with Crippen molar-refractivity contribution in [3.8, 4) is 0 Å². The van der Waals surface area contributed by atoms with Gasteiger partial charge in [0.2, 0.25) is 17.7 Å². The summed E-state index contributed by atoms with van der Waals surface area (Å²) in [6.45, 7) is 2.56. The standard InChI is InChI=1S/C55H58N6O17S/c1-53-20-19-34(63)22-32(53)9-12-35-36-23-40-55(39(65)26-62,54(36,2)24-38(64)49(35)53)77-51(76-40)31-7-3-29(4-8-31)21-44-59-41(28-79-44)60-52(74)75-27-30-5-10-33(11-6-30)57-50(73)37(13-17-47(70)71)58-43(67)25-56-42(66)14-18-48(72)78-61-45(68)15-16-46(61)69/h3-8,10-11,15-16,19-20,22,28,35-38,40,49,51,62,64H,9,12-14,17-18,21,23-27H2,1-2H3,(H,56,66)(H,57,73)(H,58,67)(H,60,74)(H,70,71)/t35-,36-,37-,38-,40+,49+,51-,53-,54-,55+/m0/s1. The van der Waals surface area contributed by atoms with Crippen molar-refractivity contribution in [1.29, 1.82) is 0 Å². The van der Waals surface area contributed by atoms with Gasteiger partial charge in [0.1, 0.15) is 25.1 Å². The Bertz CT molecular complexity index is 3050. The molecule has 9 rings (SSSR count). The number of aromatic nitrogens is 1. The first kappa shape index (κ1) is 56.0. The maximum atomic E-state index is 14.0. The Morgan fingerprint density at radius 3 is 2.34 bits per heavy atom. The van der Waals surface area contributed by atoms with Crippen molar-refractivity contribution in [1.82, 2.24) is 20.7 Å². The molecule has 23 nitrogen and oxygen atoms in total. The van der Waals surface area contributed by atoms with E-state index >= 15 is 0 Å². The normalized spacial score (nSPS) is 27.6. The molecule has 6 amide bonds. The molecule has 416 valence electrons. The van der Waals surface area contributed by atoms with E-state index < -0.39 is 127 Å². The summed E-state index contributed by atoms with van der Waals surface area (Å²) >= 11 is 1.33. The fourth-order valence-electron chi connectivity index (χ4n) is 12.3. The Kier molecular flexibility index (Phi) is 16.2. The monoisotopic (exact) mass is 1110 g/mol. The first-order valence-electron chi connectivity index (χ1n) is 25.7. The van der Waals surface area contributed by atoms with Gasteiger partial charge in [-0.2, -0.15) is 0 Å². The fraction of sp³-hybridized carbons (Fsp3) is 0.436. The molecule has 1 saturated heterocycles. The van der Waals surface area contributed by atoms with Crippen LogP contribution in [0.2, 0.25) is 0 Å². The van der Waals surface area contributed by atoms with Gasteiger partial charge < -0.3 is 50.3 Å². The summed E-state index contributed by atoms with van der Waals surface area (Å²) in [5.41, 5.74) is 0.629. The number of aliphatic hydroxyl groups is 2. The maximum absolute atomic E-state index is 14.0. The van der Waals surface area contributed by atoms with Crippen molar-refractivity contribution >= 4 is 82.0 Å². The lowest BCUT2D eigenvalue weighted by atomic mass is 9.46. The van der Waals surface area contributed by atoms with Crippen LogP contribution in [0.5, 0.6) is 0 Å². The van der Waals surface area contributed by atoms with Crippen LogP contribution in [0.4, 0.5) is 16.3 Å². The number of imide groups is 1. The summed E-state index contributed by atoms with van der Waals surface area (Å²) in [4.78, 5) is 133. The fourth-order valence-corrected chi connectivity index (χ4v) is 13.1. The van der Waals surface area contributed by atoms with Gasteiger partial charge in [-0.1, -0.05) is 67.0 Å². The van der Waals surface area contributed by atoms with Gasteiger partial charge in [-0.05, 0) is 79.4 Å². The van der Waals surface area contributed by atoms with Crippen LogP contribution in [-0.4, -0.2) is 122 Å². The molecule has 3 saturated carbocycles. The van der Waals surface area contributed by atoms with Crippen LogP contribution in [0.25, 0.3) is 0 Å². The SMILES string of the molecule is C[C@]12C=CC(=O)C=C1CC[C@@H]1[C@@H]2[C@@H](O)C[C@@]2(C)[C@H]1C[C@H]1O[C@H](c3ccc(Cc4nc(NC(=O)OCc5ccc(NC(=O)[C@H](CCC(=O)O)NC(=O)CNC(=O)CCC(=O)ON6C(=O)C=CC6=O)cc5)cs4)cc3)O[C@]12C(=O)CO. The predicted octanol–water partition coefficient (Wildman–Crippen LogP) is 3.65. The van der Waals surface area contributed by atoms with Crippen LogP contribution in [0, 0.1) is 28.6 Å². The highest BCUT2D eigenvalue weighted by Gasteiger charge is 2.76. The van der Waals surface area contributed by atoms with E-state index in [-0.39, 0.29) is 59.6 Å². The van der Waals surface area contributed by atoms with Gasteiger partial charge in [-0.3, -0.25) is 43.7 Å². The molecule has 2 aromatic carbocycles. The number of ketones is 2. The zero-order valence-corrected chi connectivity index (χ0v) is 43.8. The minimum absolute atomic E-state index is 0.0335. The average molecular weight is 1110 g/mol. The second kappa shape index (κ2) is 22.9. The molecule has 2 aliphatic heterocycles. The highest BCUT2D eigenvalue weighted by atomic mass is 32.1. The number of thiazole rings is 1. The smallest absolute Gasteiger partial charge is 0.413 e. The number of benzene rings is 2. The Hall–Kier alpha value is -7.77. The summed E-state index contributed by atoms with van der Waals surface area (Å²) in [7, 11) is 0. The number of nitrogens with one attached hydrogen (secondary N) is 4. The van der Waals surface area contributed by atoms with Crippen LogP contribution < -0.4 is 21.3 Å². The number of hydrogen-bond acceptors (Lipinski definition) is 18. The number of carboxylic acid groups (broad SMARTS) is 1. The van der Waals surface area contributed by atoms with E-state index in [9.17, 15) is 63.3 Å². The number of hydrogen-bond donors (Lipinski definition) is 7. The van der Waals surface area contributed by atoms with Crippen LogP contribution in [0.15, 0.2) is 89.9 Å². The number of rotatable bonds is 20. The van der Waals surface area contributed by atoms with Crippen molar-refractivity contribution in [2.75, 3.05) is 23.8 Å².